The Labute approximate surface area is 58.7 Å². The summed E-state index contributed by atoms with van der Waals surface area (Å²) in [6, 6.07) is 7.22. The highest BCUT2D eigenvalue weighted by molar-refractivity contribution is 5.30. The average Bonchev–Trinajstić information content (AvgIpc) is 1.94. The van der Waals surface area contributed by atoms with Crippen LogP contribution in [-0.4, -0.2) is 5.26 Å². The molecule has 1 N–H and O–H groups in total. The third-order valence-electron chi connectivity index (χ3n) is 1.22. The molecule has 0 aliphatic carbocycles. The van der Waals surface area contributed by atoms with Crippen LogP contribution >= 0.6 is 0 Å². The lowest BCUT2D eigenvalue weighted by molar-refractivity contribution is -0.439. The summed E-state index contributed by atoms with van der Waals surface area (Å²) in [5, 5.41) is 11.4. The van der Waals surface area contributed by atoms with Crippen LogP contribution in [0.3, 0.4) is 0 Å². The van der Waals surface area contributed by atoms with Gasteiger partial charge in [-0.15, -0.1) is 0 Å². The van der Waals surface area contributed by atoms with Crippen LogP contribution in [0.15, 0.2) is 24.3 Å². The second kappa shape index (κ2) is 3.20. The summed E-state index contributed by atoms with van der Waals surface area (Å²) >= 11 is 0. The molecule has 0 saturated heterocycles. The zero-order chi connectivity index (χ0) is 7.40. The summed E-state index contributed by atoms with van der Waals surface area (Å²) in [7, 11) is 0. The Hall–Kier alpha value is -1.06. The van der Waals surface area contributed by atoms with E-state index in [1.807, 2.05) is 19.1 Å². The first kappa shape index (κ1) is 7.05. The minimum absolute atomic E-state index is 0.519. The minimum atomic E-state index is 0.519. The largest absolute Gasteiger partial charge is 0.308 e. The van der Waals surface area contributed by atoms with Gasteiger partial charge < -0.3 is 4.89 Å². The van der Waals surface area contributed by atoms with Crippen LogP contribution < -0.4 is 4.89 Å². The second-order valence-electron chi connectivity index (χ2n) is 1.92. The van der Waals surface area contributed by atoms with Gasteiger partial charge >= 0.3 is 0 Å². The van der Waals surface area contributed by atoms with Crippen molar-refractivity contribution < 1.29 is 15.2 Å². The molecule has 0 spiro atoms. The van der Waals surface area contributed by atoms with Crippen molar-refractivity contribution in [2.45, 2.75) is 6.92 Å². The Morgan fingerprint density at radius 2 is 2.00 bits per heavy atom. The molecule has 1 rings (SSSR count). The Balaban J connectivity index is 2.81. The van der Waals surface area contributed by atoms with E-state index in [9.17, 15) is 0 Å². The van der Waals surface area contributed by atoms with Crippen molar-refractivity contribution in [3.05, 3.63) is 29.8 Å². The third-order valence-corrected chi connectivity index (χ3v) is 1.22. The van der Waals surface area contributed by atoms with Gasteiger partial charge in [-0.05, 0) is 23.6 Å². The molecule has 0 radical (unpaired) electrons. The molecule has 0 amide bonds. The highest BCUT2D eigenvalue weighted by Crippen LogP contribution is 2.15. The van der Waals surface area contributed by atoms with Gasteiger partial charge in [-0.3, -0.25) is 0 Å². The van der Waals surface area contributed by atoms with E-state index in [-0.39, 0.29) is 0 Å². The lowest BCUT2D eigenvalue weighted by atomic mass is 10.2. The Morgan fingerprint density at radius 1 is 1.30 bits per heavy atom. The Bertz CT molecular complexity index is 210. The van der Waals surface area contributed by atoms with Gasteiger partial charge in [0.2, 0.25) is 0 Å². The molecule has 0 aliphatic rings. The van der Waals surface area contributed by atoms with Gasteiger partial charge in [0.05, 0.1) is 0 Å². The van der Waals surface area contributed by atoms with Crippen LogP contribution in [0.2, 0.25) is 0 Å². The summed E-state index contributed by atoms with van der Waals surface area (Å²) in [6.45, 7) is 1.86. The van der Waals surface area contributed by atoms with E-state index in [4.69, 9.17) is 5.26 Å². The van der Waals surface area contributed by atoms with Crippen LogP contribution in [0.5, 0.6) is 5.75 Å². The number of hydrogen-bond donors (Lipinski definition) is 1. The lowest BCUT2D eigenvalue weighted by Gasteiger charge is -2.00. The van der Waals surface area contributed by atoms with E-state index < -0.39 is 0 Å². The molecule has 0 saturated carbocycles. The van der Waals surface area contributed by atoms with Crippen LogP contribution in [-0.2, 0) is 5.04 Å². The van der Waals surface area contributed by atoms with Crippen LogP contribution in [0.1, 0.15) is 5.56 Å². The third kappa shape index (κ3) is 1.46. The van der Waals surface area contributed by atoms with Crippen molar-refractivity contribution in [1.29, 1.82) is 0 Å². The van der Waals surface area contributed by atoms with Crippen molar-refractivity contribution in [1.82, 2.24) is 0 Å². The summed E-state index contributed by atoms with van der Waals surface area (Å²) in [5.74, 6) is 0.519. The van der Waals surface area contributed by atoms with Gasteiger partial charge in [-0.2, -0.15) is 0 Å². The van der Waals surface area contributed by atoms with Gasteiger partial charge in [-0.25, -0.2) is 5.26 Å². The normalized spacial score (nSPS) is 9.40. The van der Waals surface area contributed by atoms with Crippen molar-refractivity contribution in [2.24, 2.45) is 0 Å². The number of benzene rings is 1. The van der Waals surface area contributed by atoms with E-state index in [0.717, 1.165) is 5.56 Å². The fourth-order valence-corrected chi connectivity index (χ4v) is 0.690. The molecular weight excluding hydrogens is 132 g/mol. The van der Waals surface area contributed by atoms with Crippen molar-refractivity contribution >= 4 is 0 Å². The maximum atomic E-state index is 7.92. The van der Waals surface area contributed by atoms with Gasteiger partial charge in [0.1, 0.15) is 0 Å². The predicted molar refractivity (Wildman–Crippen MR) is 35.5 cm³/mol. The first-order valence-corrected chi connectivity index (χ1v) is 2.88. The zero-order valence-corrected chi connectivity index (χ0v) is 5.57. The summed E-state index contributed by atoms with van der Waals surface area (Å²) < 4.78 is 0. The molecule has 0 fully saturated rings. The van der Waals surface area contributed by atoms with E-state index >= 15 is 0 Å². The molecule has 0 aromatic heterocycles. The number of hydrogen-bond acceptors (Lipinski definition) is 3. The SMILES string of the molecule is Cc1ccccc1OOO. The molecule has 1 aromatic rings. The zero-order valence-electron chi connectivity index (χ0n) is 5.57. The topological polar surface area (TPSA) is 38.7 Å². The maximum Gasteiger partial charge on any atom is 0.171 e. The van der Waals surface area contributed by atoms with Gasteiger partial charge in [-0.1, -0.05) is 18.2 Å². The van der Waals surface area contributed by atoms with E-state index in [2.05, 4.69) is 9.93 Å². The second-order valence-corrected chi connectivity index (χ2v) is 1.92. The standard InChI is InChI=1S/C7H8O3/c1-6-4-2-3-5-7(6)9-10-8/h2-5,8H,1H3. The maximum absolute atomic E-state index is 7.92. The summed E-state index contributed by atoms with van der Waals surface area (Å²) in [5.41, 5.74) is 0.913. The van der Waals surface area contributed by atoms with Gasteiger partial charge in [0.25, 0.3) is 0 Å². The molecule has 54 valence electrons. The smallest absolute Gasteiger partial charge is 0.171 e. The summed E-state index contributed by atoms with van der Waals surface area (Å²) in [6.07, 6.45) is 0. The molecule has 1 aromatic carbocycles. The molecule has 0 bridgehead atoms. The Kier molecular flexibility index (Phi) is 2.25. The van der Waals surface area contributed by atoms with Crippen molar-refractivity contribution in [3.8, 4) is 5.75 Å². The van der Waals surface area contributed by atoms with Crippen LogP contribution in [0, 0.1) is 6.92 Å². The Morgan fingerprint density at radius 3 is 2.60 bits per heavy atom. The molecule has 0 aliphatic heterocycles. The fourth-order valence-electron chi connectivity index (χ4n) is 0.690. The minimum Gasteiger partial charge on any atom is -0.308 e. The molecule has 0 unspecified atom stereocenters. The molecule has 0 heterocycles. The van der Waals surface area contributed by atoms with Crippen molar-refractivity contribution in [3.63, 3.8) is 0 Å². The first-order valence-electron chi connectivity index (χ1n) is 2.88. The van der Waals surface area contributed by atoms with Crippen LogP contribution in [0.4, 0.5) is 0 Å². The number of rotatable bonds is 2. The van der Waals surface area contributed by atoms with E-state index in [1.165, 1.54) is 0 Å². The van der Waals surface area contributed by atoms with E-state index in [1.54, 1.807) is 12.1 Å². The molecule has 10 heavy (non-hydrogen) atoms. The highest BCUT2D eigenvalue weighted by Gasteiger charge is 1.95. The highest BCUT2D eigenvalue weighted by atomic mass is 17.5. The van der Waals surface area contributed by atoms with Gasteiger partial charge in [0.15, 0.2) is 5.75 Å². The predicted octanol–water partition coefficient (Wildman–Crippen LogP) is 1.78. The van der Waals surface area contributed by atoms with Crippen LogP contribution in [0.25, 0.3) is 0 Å². The quantitative estimate of drug-likeness (QED) is 0.502. The molecular formula is C7H8O3. The monoisotopic (exact) mass is 140 g/mol. The number of aryl methyl sites for hydroxylation is 1. The first-order chi connectivity index (χ1) is 4.84. The van der Waals surface area contributed by atoms with E-state index in [0.29, 0.717) is 5.75 Å². The van der Waals surface area contributed by atoms with Crippen molar-refractivity contribution in [2.75, 3.05) is 0 Å². The summed E-state index contributed by atoms with van der Waals surface area (Å²) in [4.78, 5) is 4.39. The van der Waals surface area contributed by atoms with Gasteiger partial charge in [0, 0.05) is 0 Å². The fraction of sp³-hybridized carbons (Fsp3) is 0.143. The number of para-hydroxylation sites is 1. The molecule has 3 heteroatoms. The lowest BCUT2D eigenvalue weighted by Crippen LogP contribution is -1.92. The molecule has 3 nitrogen and oxygen atoms in total. The molecule has 0 atom stereocenters. The average molecular weight is 140 g/mol.